The fourth-order valence-corrected chi connectivity index (χ4v) is 6.59. The van der Waals surface area contributed by atoms with Crippen molar-refractivity contribution in [3.05, 3.63) is 23.9 Å². The van der Waals surface area contributed by atoms with E-state index in [-0.39, 0.29) is 11.4 Å². The molecular weight excluding hydrogens is 322 g/mol. The van der Waals surface area contributed by atoms with Crippen LogP contribution in [0.5, 0.6) is 0 Å². The number of carbonyl (C=O) groups is 1. The predicted octanol–water partition coefficient (Wildman–Crippen LogP) is 4.16. The quantitative estimate of drug-likeness (QED) is 0.887. The minimum absolute atomic E-state index is 0.0450. The molecule has 1 amide bonds. The van der Waals surface area contributed by atoms with Crippen LogP contribution >= 0.6 is 0 Å². The van der Waals surface area contributed by atoms with Crippen LogP contribution in [0, 0.1) is 17.8 Å². The molecule has 5 fully saturated rings. The molecule has 1 aromatic rings. The number of carbonyl (C=O) groups excluding carboxylic acids is 1. The first kappa shape index (κ1) is 16.6. The highest BCUT2D eigenvalue weighted by Gasteiger charge is 2.51. The first-order valence-electron chi connectivity index (χ1n) is 10.7. The van der Waals surface area contributed by atoms with Gasteiger partial charge in [-0.25, -0.2) is 4.98 Å². The van der Waals surface area contributed by atoms with Crippen molar-refractivity contribution in [2.24, 2.45) is 17.8 Å². The Labute approximate surface area is 156 Å². The lowest BCUT2D eigenvalue weighted by Gasteiger charge is -2.56. The second-order valence-electron chi connectivity index (χ2n) is 9.43. The normalized spacial score (nSPS) is 36.0. The van der Waals surface area contributed by atoms with Crippen LogP contribution in [0.1, 0.15) is 74.7 Å². The van der Waals surface area contributed by atoms with Gasteiger partial charge in [0.05, 0.1) is 0 Å². The van der Waals surface area contributed by atoms with E-state index in [0.717, 1.165) is 36.7 Å². The Morgan fingerprint density at radius 3 is 2.19 bits per heavy atom. The van der Waals surface area contributed by atoms with Gasteiger partial charge in [0.1, 0.15) is 11.5 Å². The third kappa shape index (κ3) is 3.12. The molecule has 6 rings (SSSR count). The molecule has 26 heavy (non-hydrogen) atoms. The van der Waals surface area contributed by atoms with Crippen molar-refractivity contribution in [1.29, 1.82) is 0 Å². The number of rotatable bonds is 3. The van der Waals surface area contributed by atoms with E-state index in [2.05, 4.69) is 16.3 Å². The minimum atomic E-state index is 0.0450. The summed E-state index contributed by atoms with van der Waals surface area (Å²) in [5, 5.41) is 3.46. The summed E-state index contributed by atoms with van der Waals surface area (Å²) >= 11 is 0. The molecule has 0 unspecified atom stereocenters. The number of hydrogen-bond donors (Lipinski definition) is 1. The van der Waals surface area contributed by atoms with Crippen molar-refractivity contribution in [2.75, 3.05) is 18.0 Å². The van der Waals surface area contributed by atoms with Gasteiger partial charge >= 0.3 is 0 Å². The third-order valence-electron chi connectivity index (χ3n) is 7.31. The van der Waals surface area contributed by atoms with E-state index < -0.39 is 0 Å². The fraction of sp³-hybridized carbons (Fsp3) is 0.727. The summed E-state index contributed by atoms with van der Waals surface area (Å²) < 4.78 is 0. The van der Waals surface area contributed by atoms with E-state index in [0.29, 0.717) is 5.69 Å². The zero-order chi connectivity index (χ0) is 17.6. The predicted molar refractivity (Wildman–Crippen MR) is 103 cm³/mol. The summed E-state index contributed by atoms with van der Waals surface area (Å²) in [6.07, 6.45) is 12.8. The van der Waals surface area contributed by atoms with Crippen molar-refractivity contribution in [3.63, 3.8) is 0 Å². The second kappa shape index (κ2) is 6.54. The van der Waals surface area contributed by atoms with Gasteiger partial charge in [0.15, 0.2) is 0 Å². The van der Waals surface area contributed by atoms with Crippen molar-refractivity contribution in [3.8, 4) is 0 Å². The number of aromatic nitrogens is 1. The van der Waals surface area contributed by atoms with E-state index in [1.807, 2.05) is 12.1 Å². The van der Waals surface area contributed by atoms with Gasteiger partial charge in [-0.15, -0.1) is 0 Å². The molecule has 1 aromatic heterocycles. The highest BCUT2D eigenvalue weighted by atomic mass is 16.2. The third-order valence-corrected chi connectivity index (χ3v) is 7.31. The van der Waals surface area contributed by atoms with Crippen molar-refractivity contribution in [2.45, 2.75) is 69.7 Å². The summed E-state index contributed by atoms with van der Waals surface area (Å²) in [5.41, 5.74) is 0.661. The van der Waals surface area contributed by atoms with Gasteiger partial charge in [-0.05, 0) is 81.3 Å². The van der Waals surface area contributed by atoms with Crippen molar-refractivity contribution in [1.82, 2.24) is 10.3 Å². The Balaban J connectivity index is 1.32. The first-order chi connectivity index (χ1) is 12.7. The summed E-state index contributed by atoms with van der Waals surface area (Å²) in [5.74, 6) is 3.56. The Morgan fingerprint density at radius 1 is 0.962 bits per heavy atom. The van der Waals surface area contributed by atoms with E-state index in [4.69, 9.17) is 4.98 Å². The maximum atomic E-state index is 13.0. The topological polar surface area (TPSA) is 45.2 Å². The average molecular weight is 354 g/mol. The smallest absolute Gasteiger partial charge is 0.270 e. The van der Waals surface area contributed by atoms with Gasteiger partial charge in [0, 0.05) is 18.6 Å². The van der Waals surface area contributed by atoms with Crippen LogP contribution in [0.25, 0.3) is 0 Å². The number of nitrogens with one attached hydrogen (secondary N) is 1. The van der Waals surface area contributed by atoms with E-state index >= 15 is 0 Å². The summed E-state index contributed by atoms with van der Waals surface area (Å²) in [4.78, 5) is 20.1. The molecule has 1 saturated heterocycles. The number of pyridine rings is 1. The molecule has 140 valence electrons. The van der Waals surface area contributed by atoms with Crippen LogP contribution < -0.4 is 10.2 Å². The molecule has 4 saturated carbocycles. The van der Waals surface area contributed by atoms with Crippen LogP contribution in [-0.2, 0) is 0 Å². The second-order valence-corrected chi connectivity index (χ2v) is 9.43. The molecule has 1 N–H and O–H groups in total. The van der Waals surface area contributed by atoms with Gasteiger partial charge in [0.25, 0.3) is 5.91 Å². The zero-order valence-corrected chi connectivity index (χ0v) is 15.8. The Hall–Kier alpha value is -1.58. The highest BCUT2D eigenvalue weighted by Crippen LogP contribution is 2.55. The molecule has 2 heterocycles. The van der Waals surface area contributed by atoms with Gasteiger partial charge in [-0.2, -0.15) is 0 Å². The van der Waals surface area contributed by atoms with Gasteiger partial charge in [-0.1, -0.05) is 18.9 Å². The molecule has 0 radical (unpaired) electrons. The van der Waals surface area contributed by atoms with Crippen LogP contribution in [-0.4, -0.2) is 29.5 Å². The maximum absolute atomic E-state index is 13.0. The first-order valence-corrected chi connectivity index (χ1v) is 10.7. The van der Waals surface area contributed by atoms with Crippen molar-refractivity contribution >= 4 is 11.7 Å². The lowest BCUT2D eigenvalue weighted by molar-refractivity contribution is -0.0167. The molecule has 4 aliphatic carbocycles. The standard InChI is InChI=1S/C22H31N3O/c26-21(24-22-13-16-10-17(14-22)12-18(11-16)15-22)19-6-5-7-20(23-19)25-8-3-1-2-4-9-25/h5-7,16-18H,1-4,8-15H2,(H,24,26). The van der Waals surface area contributed by atoms with E-state index in [1.165, 1.54) is 64.2 Å². The van der Waals surface area contributed by atoms with Crippen LogP contribution in [0.4, 0.5) is 5.82 Å². The van der Waals surface area contributed by atoms with Crippen LogP contribution in [0.15, 0.2) is 18.2 Å². The summed E-state index contributed by atoms with van der Waals surface area (Å²) in [7, 11) is 0. The SMILES string of the molecule is O=C(NC12CC3CC(CC(C3)C1)C2)c1cccc(N2CCCCCC2)n1. The lowest BCUT2D eigenvalue weighted by Crippen LogP contribution is -2.59. The molecule has 5 aliphatic rings. The Kier molecular flexibility index (Phi) is 4.17. The van der Waals surface area contributed by atoms with E-state index in [1.54, 1.807) is 0 Å². The number of nitrogens with zero attached hydrogens (tertiary/aromatic N) is 2. The summed E-state index contributed by atoms with van der Waals surface area (Å²) in [6, 6.07) is 5.95. The maximum Gasteiger partial charge on any atom is 0.270 e. The lowest BCUT2D eigenvalue weighted by atomic mass is 9.53. The largest absolute Gasteiger partial charge is 0.357 e. The van der Waals surface area contributed by atoms with Gasteiger partial charge < -0.3 is 10.2 Å². The number of anilines is 1. The molecular formula is C22H31N3O. The van der Waals surface area contributed by atoms with Crippen LogP contribution in [0.3, 0.4) is 0 Å². The number of hydrogen-bond acceptors (Lipinski definition) is 3. The monoisotopic (exact) mass is 353 g/mol. The molecule has 0 spiro atoms. The zero-order valence-electron chi connectivity index (χ0n) is 15.8. The molecule has 4 nitrogen and oxygen atoms in total. The molecule has 4 heteroatoms. The molecule has 1 aliphatic heterocycles. The van der Waals surface area contributed by atoms with E-state index in [9.17, 15) is 4.79 Å². The van der Waals surface area contributed by atoms with Crippen LogP contribution in [0.2, 0.25) is 0 Å². The van der Waals surface area contributed by atoms with Crippen molar-refractivity contribution < 1.29 is 4.79 Å². The molecule has 4 bridgehead atoms. The average Bonchev–Trinajstić information content (AvgIpc) is 2.90. The molecule has 0 aromatic carbocycles. The summed E-state index contributed by atoms with van der Waals surface area (Å²) in [6.45, 7) is 2.13. The van der Waals surface area contributed by atoms with Gasteiger partial charge in [0.2, 0.25) is 0 Å². The molecule has 0 atom stereocenters. The minimum Gasteiger partial charge on any atom is -0.357 e. The number of amides is 1. The highest BCUT2D eigenvalue weighted by molar-refractivity contribution is 5.93. The van der Waals surface area contributed by atoms with Gasteiger partial charge in [-0.3, -0.25) is 4.79 Å². The Morgan fingerprint density at radius 2 is 1.58 bits per heavy atom. The fourth-order valence-electron chi connectivity index (χ4n) is 6.59. The Bertz CT molecular complexity index is 642.